The largest absolute Gasteiger partial charge is 0.352 e. The molecule has 1 atom stereocenters. The predicted octanol–water partition coefficient (Wildman–Crippen LogP) is 3.39. The summed E-state index contributed by atoms with van der Waals surface area (Å²) in [4.78, 5) is 11.6. The van der Waals surface area contributed by atoms with E-state index in [-0.39, 0.29) is 11.6 Å². The van der Waals surface area contributed by atoms with Crippen LogP contribution >= 0.6 is 27.5 Å². The fourth-order valence-electron chi connectivity index (χ4n) is 1.21. The minimum atomic E-state index is -1.00. The Morgan fingerprint density at radius 3 is 2.62 bits per heavy atom. The molecule has 0 aliphatic rings. The Morgan fingerprint density at radius 2 is 2.12 bits per heavy atom. The van der Waals surface area contributed by atoms with E-state index in [2.05, 4.69) is 21.2 Å². The van der Waals surface area contributed by atoms with Gasteiger partial charge in [-0.25, -0.2) is 4.39 Å². The second-order valence-corrected chi connectivity index (χ2v) is 5.04. The average Bonchev–Trinajstić information content (AvgIpc) is 2.15. The van der Waals surface area contributed by atoms with Gasteiger partial charge in [-0.2, -0.15) is 0 Å². The zero-order valence-corrected chi connectivity index (χ0v) is 11.3. The monoisotopic (exact) mass is 307 g/mol. The minimum Gasteiger partial charge on any atom is -0.352 e. The molecule has 0 fully saturated rings. The lowest BCUT2D eigenvalue weighted by molar-refractivity contribution is -0.121. The second kappa shape index (κ2) is 5.64. The number of carbonyl (C=O) groups excluding carboxylic acids is 1. The number of alkyl halides is 1. The zero-order valence-electron chi connectivity index (χ0n) is 8.93. The molecule has 0 spiro atoms. The van der Waals surface area contributed by atoms with Crippen molar-refractivity contribution in [2.75, 3.05) is 0 Å². The van der Waals surface area contributed by atoms with E-state index in [1.165, 1.54) is 12.1 Å². The summed E-state index contributed by atoms with van der Waals surface area (Å²) in [6.45, 7) is 3.64. The minimum absolute atomic E-state index is 0.0211. The smallest absolute Gasteiger partial charge is 0.242 e. The highest BCUT2D eigenvalue weighted by molar-refractivity contribution is 9.10. The first-order valence-electron chi connectivity index (χ1n) is 4.81. The number of rotatable bonds is 3. The maximum Gasteiger partial charge on any atom is 0.242 e. The van der Waals surface area contributed by atoms with Crippen LogP contribution in [-0.4, -0.2) is 11.9 Å². The summed E-state index contributed by atoms with van der Waals surface area (Å²) >= 11 is 9.03. The van der Waals surface area contributed by atoms with Gasteiger partial charge in [0.25, 0.3) is 0 Å². The molecule has 0 aromatic heterocycles. The van der Waals surface area contributed by atoms with Gasteiger partial charge in [-0.1, -0.05) is 22.0 Å². The van der Waals surface area contributed by atoms with Gasteiger partial charge in [0, 0.05) is 16.1 Å². The molecule has 5 heteroatoms. The van der Waals surface area contributed by atoms with Gasteiger partial charge in [0.2, 0.25) is 5.91 Å². The fraction of sp³-hybridized carbons (Fsp3) is 0.364. The van der Waals surface area contributed by atoms with E-state index in [1.807, 2.05) is 13.8 Å². The highest BCUT2D eigenvalue weighted by atomic mass is 79.9. The molecule has 88 valence electrons. The van der Waals surface area contributed by atoms with Crippen LogP contribution < -0.4 is 5.32 Å². The van der Waals surface area contributed by atoms with E-state index in [9.17, 15) is 9.18 Å². The standard InChI is InChI=1S/C11H12BrClFNO/c1-6(2)15-11(16)10(13)8-4-3-7(12)5-9(8)14/h3-6,10H,1-2H3,(H,15,16). The lowest BCUT2D eigenvalue weighted by Crippen LogP contribution is -2.33. The highest BCUT2D eigenvalue weighted by Gasteiger charge is 2.21. The van der Waals surface area contributed by atoms with Gasteiger partial charge < -0.3 is 5.32 Å². The van der Waals surface area contributed by atoms with Crippen LogP contribution in [0.3, 0.4) is 0 Å². The third-order valence-electron chi connectivity index (χ3n) is 1.90. The maximum atomic E-state index is 13.5. The van der Waals surface area contributed by atoms with Crippen molar-refractivity contribution in [1.29, 1.82) is 0 Å². The van der Waals surface area contributed by atoms with Crippen LogP contribution in [0.25, 0.3) is 0 Å². The fourth-order valence-corrected chi connectivity index (χ4v) is 1.78. The van der Waals surface area contributed by atoms with E-state index in [1.54, 1.807) is 6.07 Å². The molecular weight excluding hydrogens is 296 g/mol. The van der Waals surface area contributed by atoms with Gasteiger partial charge >= 0.3 is 0 Å². The Kier molecular flexibility index (Phi) is 4.74. The summed E-state index contributed by atoms with van der Waals surface area (Å²) in [5.41, 5.74) is 0.183. The van der Waals surface area contributed by atoms with Crippen LogP contribution in [0.5, 0.6) is 0 Å². The number of hydrogen-bond acceptors (Lipinski definition) is 1. The first-order valence-corrected chi connectivity index (χ1v) is 6.04. The first-order chi connectivity index (χ1) is 7.41. The van der Waals surface area contributed by atoms with E-state index in [0.29, 0.717) is 4.47 Å². The average molecular weight is 309 g/mol. The maximum absolute atomic E-state index is 13.5. The van der Waals surface area contributed by atoms with E-state index >= 15 is 0 Å². The third kappa shape index (κ3) is 3.46. The van der Waals surface area contributed by atoms with Crippen molar-refractivity contribution in [2.45, 2.75) is 25.3 Å². The SMILES string of the molecule is CC(C)NC(=O)C(Cl)c1ccc(Br)cc1F. The molecule has 0 aliphatic heterocycles. The van der Waals surface area contributed by atoms with E-state index in [4.69, 9.17) is 11.6 Å². The zero-order chi connectivity index (χ0) is 12.3. The molecule has 1 N–H and O–H groups in total. The predicted molar refractivity (Wildman–Crippen MR) is 66.0 cm³/mol. The van der Waals surface area contributed by atoms with Crippen molar-refractivity contribution in [3.8, 4) is 0 Å². The molecule has 0 heterocycles. The molecule has 0 saturated carbocycles. The van der Waals surface area contributed by atoms with Crippen LogP contribution in [0.1, 0.15) is 24.8 Å². The molecule has 1 amide bonds. The number of hydrogen-bond donors (Lipinski definition) is 1. The summed E-state index contributed by atoms with van der Waals surface area (Å²) in [5.74, 6) is -0.883. The molecular formula is C11H12BrClFNO. The van der Waals surface area contributed by atoms with Gasteiger partial charge in [0.15, 0.2) is 0 Å². The van der Waals surface area contributed by atoms with E-state index in [0.717, 1.165) is 0 Å². The summed E-state index contributed by atoms with van der Waals surface area (Å²) in [6, 6.07) is 4.41. The third-order valence-corrected chi connectivity index (χ3v) is 2.82. The first kappa shape index (κ1) is 13.5. The summed E-state index contributed by atoms with van der Waals surface area (Å²) < 4.78 is 14.1. The molecule has 16 heavy (non-hydrogen) atoms. The van der Waals surface area contributed by atoms with Gasteiger partial charge in [-0.05, 0) is 26.0 Å². The molecule has 1 unspecified atom stereocenters. The topological polar surface area (TPSA) is 29.1 Å². The van der Waals surface area contributed by atoms with Crippen molar-refractivity contribution in [2.24, 2.45) is 0 Å². The molecule has 0 saturated heterocycles. The van der Waals surface area contributed by atoms with Gasteiger partial charge in [0.05, 0.1) is 0 Å². The molecule has 1 aromatic rings. The lowest BCUT2D eigenvalue weighted by atomic mass is 10.1. The highest BCUT2D eigenvalue weighted by Crippen LogP contribution is 2.25. The van der Waals surface area contributed by atoms with Gasteiger partial charge in [0.1, 0.15) is 11.2 Å². The Bertz CT molecular complexity index is 398. The molecule has 0 bridgehead atoms. The van der Waals surface area contributed by atoms with Crippen molar-refractivity contribution in [3.05, 3.63) is 34.1 Å². The van der Waals surface area contributed by atoms with Crippen molar-refractivity contribution in [1.82, 2.24) is 5.32 Å². The van der Waals surface area contributed by atoms with Crippen LogP contribution in [0.4, 0.5) is 4.39 Å². The quantitative estimate of drug-likeness (QED) is 0.852. The second-order valence-electron chi connectivity index (χ2n) is 3.69. The molecule has 0 aliphatic carbocycles. The number of carbonyl (C=O) groups is 1. The number of halogens is 3. The van der Waals surface area contributed by atoms with Crippen molar-refractivity contribution in [3.63, 3.8) is 0 Å². The molecule has 2 nitrogen and oxygen atoms in total. The Hall–Kier alpha value is -0.610. The Balaban J connectivity index is 2.87. The van der Waals surface area contributed by atoms with Gasteiger partial charge in [-0.15, -0.1) is 11.6 Å². The summed E-state index contributed by atoms with van der Waals surface area (Å²) in [6.07, 6.45) is 0. The van der Waals surface area contributed by atoms with Crippen LogP contribution in [-0.2, 0) is 4.79 Å². The van der Waals surface area contributed by atoms with Crippen LogP contribution in [0.2, 0.25) is 0 Å². The normalized spacial score (nSPS) is 12.6. The molecule has 1 aromatic carbocycles. The Morgan fingerprint density at radius 1 is 1.50 bits per heavy atom. The van der Waals surface area contributed by atoms with Crippen molar-refractivity contribution < 1.29 is 9.18 Å². The van der Waals surface area contributed by atoms with Gasteiger partial charge in [-0.3, -0.25) is 4.79 Å². The number of amides is 1. The summed E-state index contributed by atoms with van der Waals surface area (Å²) in [7, 11) is 0. The Labute approximate surface area is 107 Å². The molecule has 0 radical (unpaired) electrons. The van der Waals surface area contributed by atoms with Crippen molar-refractivity contribution >= 4 is 33.4 Å². The number of benzene rings is 1. The lowest BCUT2D eigenvalue weighted by Gasteiger charge is -2.13. The van der Waals surface area contributed by atoms with E-state index < -0.39 is 17.1 Å². The molecule has 1 rings (SSSR count). The van der Waals surface area contributed by atoms with Crippen LogP contribution in [0.15, 0.2) is 22.7 Å². The van der Waals surface area contributed by atoms with Crippen LogP contribution in [0, 0.1) is 5.82 Å². The number of nitrogens with one attached hydrogen (secondary N) is 1. The summed E-state index contributed by atoms with van der Waals surface area (Å²) in [5, 5.41) is 1.63.